The van der Waals surface area contributed by atoms with Gasteiger partial charge >= 0.3 is 0 Å². The molecule has 0 aliphatic rings. The summed E-state index contributed by atoms with van der Waals surface area (Å²) >= 11 is 7.05. The number of H-pyrrole nitrogens is 1. The molecule has 1 aromatic heterocycles. The molecule has 0 amide bonds. The average molecular weight is 416 g/mol. The zero-order valence-corrected chi connectivity index (χ0v) is 16.9. The minimum Gasteiger partial charge on any atom is -0.493 e. The van der Waals surface area contributed by atoms with Gasteiger partial charge in [-0.25, -0.2) is 0 Å². The lowest BCUT2D eigenvalue weighted by molar-refractivity contribution is 0.106. The number of Topliss-reactive ketones (excluding diaryl/α,β-unsaturated/α-hetero) is 1. The summed E-state index contributed by atoms with van der Waals surface area (Å²) in [6, 6.07) is 12.0. The molecule has 28 heavy (non-hydrogen) atoms. The van der Waals surface area contributed by atoms with Gasteiger partial charge in [-0.15, -0.1) is 11.3 Å². The van der Waals surface area contributed by atoms with E-state index in [1.165, 1.54) is 17.4 Å². The lowest BCUT2D eigenvalue weighted by atomic mass is 10.1. The Bertz CT molecular complexity index is 1160. The molecule has 0 atom stereocenters. The first-order valence-corrected chi connectivity index (χ1v) is 9.73. The molecule has 0 fully saturated rings. The van der Waals surface area contributed by atoms with Gasteiger partial charge < -0.3 is 14.5 Å². The minimum atomic E-state index is -0.256. The van der Waals surface area contributed by atoms with Crippen molar-refractivity contribution in [2.24, 2.45) is 0 Å². The molecule has 3 rings (SSSR count). The molecule has 0 saturated carbocycles. The molecule has 0 saturated heterocycles. The topological polar surface area (TPSA) is 68.4 Å². The van der Waals surface area contributed by atoms with E-state index in [2.05, 4.69) is 4.98 Å². The number of ether oxygens (including phenoxy) is 2. The van der Waals surface area contributed by atoms with Crippen LogP contribution in [0.3, 0.4) is 0 Å². The molecule has 144 valence electrons. The third-order valence-electron chi connectivity index (χ3n) is 3.86. The molecule has 0 bridgehead atoms. The number of benzene rings is 2. The summed E-state index contributed by atoms with van der Waals surface area (Å²) < 4.78 is 11.8. The van der Waals surface area contributed by atoms with Crippen LogP contribution < -0.4 is 24.2 Å². The van der Waals surface area contributed by atoms with Gasteiger partial charge in [0.25, 0.3) is 5.56 Å². The maximum absolute atomic E-state index is 12.3. The van der Waals surface area contributed by atoms with Gasteiger partial charge in [-0.05, 0) is 55.0 Å². The molecule has 0 unspecified atom stereocenters. The van der Waals surface area contributed by atoms with Gasteiger partial charge in [-0.3, -0.25) is 9.59 Å². The third kappa shape index (κ3) is 4.71. The number of aromatic nitrogens is 1. The maximum Gasteiger partial charge on any atom is 0.266 e. The number of rotatable bonds is 6. The van der Waals surface area contributed by atoms with E-state index in [1.807, 2.05) is 13.0 Å². The fourth-order valence-electron chi connectivity index (χ4n) is 2.54. The second-order valence-corrected chi connectivity index (χ2v) is 7.31. The van der Waals surface area contributed by atoms with Crippen LogP contribution in [0.15, 0.2) is 47.3 Å². The van der Waals surface area contributed by atoms with Crippen LogP contribution in [-0.4, -0.2) is 24.5 Å². The SMILES string of the molecule is CCOc1ccc(/C=c2\s/c(=C\C(=O)c3ccc(Cl)cc3)[nH]c2=O)cc1OC. The Hall–Kier alpha value is -2.83. The molecule has 0 aliphatic carbocycles. The van der Waals surface area contributed by atoms with E-state index in [0.717, 1.165) is 5.56 Å². The molecule has 1 heterocycles. The van der Waals surface area contributed by atoms with Crippen LogP contribution in [0.1, 0.15) is 22.8 Å². The highest BCUT2D eigenvalue weighted by molar-refractivity contribution is 7.07. The number of nitrogens with one attached hydrogen (secondary N) is 1. The molecular formula is C21H18ClNO4S. The molecular weight excluding hydrogens is 398 g/mol. The first-order chi connectivity index (χ1) is 13.5. The number of halogens is 1. The van der Waals surface area contributed by atoms with Crippen LogP contribution in [0.4, 0.5) is 0 Å². The van der Waals surface area contributed by atoms with Crippen LogP contribution in [0.5, 0.6) is 11.5 Å². The first-order valence-electron chi connectivity index (χ1n) is 8.53. The summed E-state index contributed by atoms with van der Waals surface area (Å²) in [5, 5.41) is 0.559. The Morgan fingerprint density at radius 1 is 1.18 bits per heavy atom. The fourth-order valence-corrected chi connectivity index (χ4v) is 3.55. The van der Waals surface area contributed by atoms with Crippen LogP contribution >= 0.6 is 22.9 Å². The van der Waals surface area contributed by atoms with E-state index in [9.17, 15) is 9.59 Å². The molecule has 0 spiro atoms. The number of hydrogen-bond donors (Lipinski definition) is 1. The standard InChI is InChI=1S/C21H18ClNO4S/c1-3-27-17-9-4-13(10-18(17)26-2)11-19-21(25)23-20(28-19)12-16(24)14-5-7-15(22)8-6-14/h4-12H,3H2,1-2H3,(H,23,25)/b19-11-,20-12-. The zero-order chi connectivity index (χ0) is 20.1. The van der Waals surface area contributed by atoms with Gasteiger partial charge in [-0.1, -0.05) is 17.7 Å². The lowest BCUT2D eigenvalue weighted by Crippen LogP contribution is -2.20. The molecule has 5 nitrogen and oxygen atoms in total. The smallest absolute Gasteiger partial charge is 0.266 e. The number of thiazole rings is 1. The van der Waals surface area contributed by atoms with Crippen LogP contribution in [0, 0.1) is 0 Å². The minimum absolute atomic E-state index is 0.205. The first kappa shape index (κ1) is 19.9. The van der Waals surface area contributed by atoms with E-state index >= 15 is 0 Å². The van der Waals surface area contributed by atoms with E-state index in [-0.39, 0.29) is 11.3 Å². The van der Waals surface area contributed by atoms with Gasteiger partial charge in [0.05, 0.1) is 22.9 Å². The highest BCUT2D eigenvalue weighted by atomic mass is 35.5. The van der Waals surface area contributed by atoms with Crippen molar-refractivity contribution in [2.75, 3.05) is 13.7 Å². The van der Waals surface area contributed by atoms with E-state index in [0.29, 0.717) is 37.9 Å². The van der Waals surface area contributed by atoms with Crippen LogP contribution in [0.25, 0.3) is 12.2 Å². The van der Waals surface area contributed by atoms with Crippen molar-refractivity contribution >= 4 is 40.9 Å². The summed E-state index contributed by atoms with van der Waals surface area (Å²) in [5.41, 5.74) is 1.04. The third-order valence-corrected chi connectivity index (χ3v) is 5.07. The Morgan fingerprint density at radius 2 is 1.93 bits per heavy atom. The number of carbonyl (C=O) groups excluding carboxylic acids is 1. The average Bonchev–Trinajstić information content (AvgIpc) is 3.02. The predicted molar refractivity (Wildman–Crippen MR) is 112 cm³/mol. The van der Waals surface area contributed by atoms with Crippen molar-refractivity contribution in [3.8, 4) is 11.5 Å². The van der Waals surface area contributed by atoms with Crippen molar-refractivity contribution in [3.05, 3.63) is 78.2 Å². The number of aromatic amines is 1. The molecule has 7 heteroatoms. The summed E-state index contributed by atoms with van der Waals surface area (Å²) in [6.45, 7) is 2.43. The Labute approximate surface area is 170 Å². The zero-order valence-electron chi connectivity index (χ0n) is 15.3. The monoisotopic (exact) mass is 415 g/mol. The number of methoxy groups -OCH3 is 1. The van der Waals surface area contributed by atoms with Gasteiger partial charge in [0.1, 0.15) is 0 Å². The fraction of sp³-hybridized carbons (Fsp3) is 0.143. The highest BCUT2D eigenvalue weighted by Gasteiger charge is 2.06. The van der Waals surface area contributed by atoms with Gasteiger partial charge in [-0.2, -0.15) is 0 Å². The summed E-state index contributed by atoms with van der Waals surface area (Å²) in [6.07, 6.45) is 3.15. The van der Waals surface area contributed by atoms with Crippen LogP contribution in [0.2, 0.25) is 5.02 Å². The molecule has 0 aliphatic heterocycles. The normalized spacial score (nSPS) is 12.2. The predicted octanol–water partition coefficient (Wildman–Crippen LogP) is 2.99. The van der Waals surface area contributed by atoms with Crippen LogP contribution in [-0.2, 0) is 0 Å². The summed E-state index contributed by atoms with van der Waals surface area (Å²) in [5.74, 6) is 1.03. The van der Waals surface area contributed by atoms with Gasteiger partial charge in [0.15, 0.2) is 17.3 Å². The van der Waals surface area contributed by atoms with E-state index in [4.69, 9.17) is 21.1 Å². The van der Waals surface area contributed by atoms with Crippen molar-refractivity contribution in [1.29, 1.82) is 0 Å². The Kier molecular flexibility index (Phi) is 6.34. The van der Waals surface area contributed by atoms with Crippen molar-refractivity contribution in [1.82, 2.24) is 4.98 Å². The molecule has 1 N–H and O–H groups in total. The molecule has 2 aromatic carbocycles. The largest absolute Gasteiger partial charge is 0.493 e. The van der Waals surface area contributed by atoms with Crippen molar-refractivity contribution in [3.63, 3.8) is 0 Å². The van der Waals surface area contributed by atoms with Crippen molar-refractivity contribution in [2.45, 2.75) is 6.92 Å². The van der Waals surface area contributed by atoms with Gasteiger partial charge in [0.2, 0.25) is 0 Å². The van der Waals surface area contributed by atoms with E-state index < -0.39 is 0 Å². The molecule has 0 radical (unpaired) electrons. The summed E-state index contributed by atoms with van der Waals surface area (Å²) in [4.78, 5) is 27.3. The number of ketones is 1. The second kappa shape index (κ2) is 8.91. The molecule has 3 aromatic rings. The lowest BCUT2D eigenvalue weighted by Gasteiger charge is -2.09. The maximum atomic E-state index is 12.3. The van der Waals surface area contributed by atoms with Crippen molar-refractivity contribution < 1.29 is 14.3 Å². The second-order valence-electron chi connectivity index (χ2n) is 5.79. The van der Waals surface area contributed by atoms with E-state index in [1.54, 1.807) is 49.6 Å². The summed E-state index contributed by atoms with van der Waals surface area (Å²) in [7, 11) is 1.56. The highest BCUT2D eigenvalue weighted by Crippen LogP contribution is 2.28. The Balaban J connectivity index is 1.94. The number of carbonyl (C=O) groups is 1. The number of hydrogen-bond acceptors (Lipinski definition) is 5. The quantitative estimate of drug-likeness (QED) is 0.628. The van der Waals surface area contributed by atoms with Gasteiger partial charge in [0, 0.05) is 16.7 Å². The Morgan fingerprint density at radius 3 is 2.61 bits per heavy atom.